The van der Waals surface area contributed by atoms with Gasteiger partial charge < -0.3 is 10.5 Å². The fraction of sp³-hybridized carbons (Fsp3) is 0.467. The number of hydrazine groups is 1. The average Bonchev–Trinajstić information content (AvgIpc) is 2.95. The summed E-state index contributed by atoms with van der Waals surface area (Å²) >= 11 is 0. The molecule has 0 aromatic heterocycles. The van der Waals surface area contributed by atoms with Crippen LogP contribution in [0.15, 0.2) is 23.9 Å². The van der Waals surface area contributed by atoms with Crippen molar-refractivity contribution in [3.63, 3.8) is 0 Å². The Balaban J connectivity index is 2.00. The number of nitrogens with two attached hydrogens (primary N) is 1. The second-order valence-electron chi connectivity index (χ2n) is 5.43. The van der Waals surface area contributed by atoms with Crippen LogP contribution < -0.4 is 15.9 Å². The van der Waals surface area contributed by atoms with Gasteiger partial charge in [0.05, 0.1) is 26.0 Å². The van der Waals surface area contributed by atoms with Gasteiger partial charge in [0.1, 0.15) is 5.75 Å². The average molecular weight is 275 g/mol. The zero-order valence-corrected chi connectivity index (χ0v) is 12.1. The highest BCUT2D eigenvalue weighted by Gasteiger charge is 2.38. The topological polar surface area (TPSA) is 59.8 Å². The number of hydrogen-bond donors (Lipinski definition) is 2. The minimum absolute atomic E-state index is 0.132. The summed E-state index contributed by atoms with van der Waals surface area (Å²) in [6, 6.07) is 6.56. The summed E-state index contributed by atoms with van der Waals surface area (Å²) in [5, 5.41) is 1.77. The molecule has 3 N–H and O–H groups in total. The van der Waals surface area contributed by atoms with Gasteiger partial charge in [0.2, 0.25) is 0 Å². The highest BCUT2D eigenvalue weighted by molar-refractivity contribution is 5.81. The van der Waals surface area contributed by atoms with E-state index in [1.807, 2.05) is 13.0 Å². The van der Waals surface area contributed by atoms with Crippen molar-refractivity contribution in [1.29, 1.82) is 0 Å². The van der Waals surface area contributed by atoms with Crippen LogP contribution in [0.3, 0.4) is 0 Å². The SMILES string of the molecule is COc1ccc2c(c1)C1=C(C2)N(OC)NC1C[C@H](C)N. The summed E-state index contributed by atoms with van der Waals surface area (Å²) in [7, 11) is 3.37. The number of benzene rings is 1. The zero-order valence-electron chi connectivity index (χ0n) is 12.1. The predicted octanol–water partition coefficient (Wildman–Crippen LogP) is 1.45. The van der Waals surface area contributed by atoms with Crippen LogP contribution in [0, 0.1) is 0 Å². The molecule has 1 aliphatic carbocycles. The molecule has 1 aliphatic heterocycles. The molecule has 0 radical (unpaired) electrons. The van der Waals surface area contributed by atoms with Gasteiger partial charge in [-0.05, 0) is 36.6 Å². The van der Waals surface area contributed by atoms with Crippen molar-refractivity contribution in [2.45, 2.75) is 31.8 Å². The molecule has 2 aliphatic rings. The van der Waals surface area contributed by atoms with Crippen molar-refractivity contribution >= 4 is 5.57 Å². The minimum atomic E-state index is 0.132. The van der Waals surface area contributed by atoms with Crippen molar-refractivity contribution in [3.05, 3.63) is 35.0 Å². The second-order valence-corrected chi connectivity index (χ2v) is 5.43. The summed E-state index contributed by atoms with van der Waals surface area (Å²) in [5.74, 6) is 0.882. The maximum atomic E-state index is 5.97. The molecule has 0 bridgehead atoms. The van der Waals surface area contributed by atoms with Crippen molar-refractivity contribution < 1.29 is 9.57 Å². The Morgan fingerprint density at radius 1 is 1.45 bits per heavy atom. The van der Waals surface area contributed by atoms with E-state index in [0.29, 0.717) is 0 Å². The van der Waals surface area contributed by atoms with E-state index < -0.39 is 0 Å². The van der Waals surface area contributed by atoms with Crippen LogP contribution in [0.25, 0.3) is 5.57 Å². The predicted molar refractivity (Wildman–Crippen MR) is 77.7 cm³/mol. The number of rotatable bonds is 4. The lowest BCUT2D eigenvalue weighted by atomic mass is 9.96. The lowest BCUT2D eigenvalue weighted by Gasteiger charge is -2.23. The van der Waals surface area contributed by atoms with Gasteiger partial charge >= 0.3 is 0 Å². The highest BCUT2D eigenvalue weighted by atomic mass is 16.7. The van der Waals surface area contributed by atoms with Gasteiger partial charge in [-0.2, -0.15) is 5.17 Å². The number of hydrogen-bond acceptors (Lipinski definition) is 5. The van der Waals surface area contributed by atoms with Crippen molar-refractivity contribution in [2.24, 2.45) is 5.73 Å². The number of hydroxylamine groups is 1. The Labute approximate surface area is 119 Å². The summed E-state index contributed by atoms with van der Waals surface area (Å²) < 4.78 is 5.34. The van der Waals surface area contributed by atoms with Gasteiger partial charge in [0.15, 0.2) is 0 Å². The van der Waals surface area contributed by atoms with E-state index in [1.54, 1.807) is 19.4 Å². The first-order chi connectivity index (χ1) is 9.63. The number of ether oxygens (including phenoxy) is 1. The molecule has 1 aromatic carbocycles. The Hall–Kier alpha value is -1.56. The van der Waals surface area contributed by atoms with Crippen LogP contribution in [0.5, 0.6) is 5.75 Å². The van der Waals surface area contributed by atoms with E-state index in [4.69, 9.17) is 15.3 Å². The number of allylic oxidation sites excluding steroid dienone is 1. The van der Waals surface area contributed by atoms with E-state index in [-0.39, 0.29) is 12.1 Å². The fourth-order valence-corrected chi connectivity index (χ4v) is 3.08. The fourth-order valence-electron chi connectivity index (χ4n) is 3.08. The quantitative estimate of drug-likeness (QED) is 0.871. The Bertz CT molecular complexity index is 554. The molecule has 108 valence electrons. The third-order valence-electron chi connectivity index (χ3n) is 3.93. The second kappa shape index (κ2) is 5.09. The van der Waals surface area contributed by atoms with Gasteiger partial charge in [0.25, 0.3) is 0 Å². The van der Waals surface area contributed by atoms with Crippen LogP contribution in [0.1, 0.15) is 24.5 Å². The maximum absolute atomic E-state index is 5.97. The van der Waals surface area contributed by atoms with Gasteiger partial charge in [-0.15, -0.1) is 0 Å². The lowest BCUT2D eigenvalue weighted by Crippen LogP contribution is -2.40. The summed E-state index contributed by atoms with van der Waals surface area (Å²) in [6.45, 7) is 2.03. The molecule has 0 spiro atoms. The molecular weight excluding hydrogens is 254 g/mol. The van der Waals surface area contributed by atoms with Gasteiger partial charge in [-0.1, -0.05) is 6.07 Å². The standard InChI is InChI=1S/C15H21N3O2/c1-9(16)6-13-15-12-8-11(19-2)5-4-10(12)7-14(15)18(17-13)20-3/h4-5,8-9,13,17H,6-7,16H2,1-3H3/t9-,13?/m0/s1. The third kappa shape index (κ3) is 2.08. The van der Waals surface area contributed by atoms with Crippen LogP contribution in [-0.2, 0) is 11.3 Å². The molecule has 5 heteroatoms. The Morgan fingerprint density at radius 3 is 2.90 bits per heavy atom. The number of fused-ring (bicyclic) bond motifs is 2. The van der Waals surface area contributed by atoms with Crippen LogP contribution >= 0.6 is 0 Å². The van der Waals surface area contributed by atoms with E-state index in [2.05, 4.69) is 17.6 Å². The van der Waals surface area contributed by atoms with Crippen molar-refractivity contribution in [1.82, 2.24) is 10.6 Å². The molecule has 0 saturated carbocycles. The number of methoxy groups -OCH3 is 1. The lowest BCUT2D eigenvalue weighted by molar-refractivity contribution is -0.138. The van der Waals surface area contributed by atoms with Gasteiger partial charge in [-0.3, -0.25) is 4.84 Å². The molecule has 20 heavy (non-hydrogen) atoms. The molecular formula is C15H21N3O2. The Morgan fingerprint density at radius 2 is 2.25 bits per heavy atom. The van der Waals surface area contributed by atoms with Gasteiger partial charge in [0, 0.05) is 18.0 Å². The monoisotopic (exact) mass is 275 g/mol. The van der Waals surface area contributed by atoms with Gasteiger partial charge in [-0.25, -0.2) is 5.43 Å². The molecule has 0 amide bonds. The molecule has 3 rings (SSSR count). The molecule has 0 fully saturated rings. The maximum Gasteiger partial charge on any atom is 0.119 e. The van der Waals surface area contributed by atoms with Crippen LogP contribution in [0.4, 0.5) is 0 Å². The van der Waals surface area contributed by atoms with Crippen molar-refractivity contribution in [3.8, 4) is 5.75 Å². The first-order valence-electron chi connectivity index (χ1n) is 6.90. The highest BCUT2D eigenvalue weighted by Crippen LogP contribution is 2.42. The molecule has 2 atom stereocenters. The molecule has 0 saturated heterocycles. The Kier molecular flexibility index (Phi) is 3.41. The van der Waals surface area contributed by atoms with E-state index >= 15 is 0 Å². The van der Waals surface area contributed by atoms with Crippen LogP contribution in [-0.4, -0.2) is 31.5 Å². The number of nitrogens with one attached hydrogen (secondary N) is 1. The summed E-state index contributed by atoms with van der Waals surface area (Å²) in [5.41, 5.74) is 14.4. The molecule has 1 heterocycles. The minimum Gasteiger partial charge on any atom is -0.497 e. The smallest absolute Gasteiger partial charge is 0.119 e. The zero-order chi connectivity index (χ0) is 14.3. The van der Waals surface area contributed by atoms with E-state index in [0.717, 1.165) is 18.6 Å². The first kappa shape index (κ1) is 13.4. The summed E-state index contributed by atoms with van der Waals surface area (Å²) in [6.07, 6.45) is 1.75. The normalized spacial score (nSPS) is 22.0. The summed E-state index contributed by atoms with van der Waals surface area (Å²) in [4.78, 5) is 5.42. The third-order valence-corrected chi connectivity index (χ3v) is 3.93. The number of nitrogens with zero attached hydrogens (tertiary/aromatic N) is 1. The molecule has 1 unspecified atom stereocenters. The van der Waals surface area contributed by atoms with Crippen LogP contribution in [0.2, 0.25) is 0 Å². The van der Waals surface area contributed by atoms with Crippen molar-refractivity contribution in [2.75, 3.05) is 14.2 Å². The van der Waals surface area contributed by atoms with E-state index in [9.17, 15) is 0 Å². The molecule has 1 aromatic rings. The van der Waals surface area contributed by atoms with E-state index in [1.165, 1.54) is 22.4 Å². The first-order valence-corrected chi connectivity index (χ1v) is 6.90. The molecule has 5 nitrogen and oxygen atoms in total. The largest absolute Gasteiger partial charge is 0.497 e.